The van der Waals surface area contributed by atoms with Crippen LogP contribution < -0.4 is 10.2 Å². The third kappa shape index (κ3) is 3.59. The van der Waals surface area contributed by atoms with Gasteiger partial charge in [-0.05, 0) is 42.7 Å². The van der Waals surface area contributed by atoms with Crippen LogP contribution >= 0.6 is 0 Å². The second-order valence-electron chi connectivity index (χ2n) is 6.62. The van der Waals surface area contributed by atoms with Gasteiger partial charge in [-0.2, -0.15) is 0 Å². The number of sulfonamides is 1. The van der Waals surface area contributed by atoms with Crippen molar-refractivity contribution in [3.8, 4) is 0 Å². The molecular formula is C19H23N3O3S. The second kappa shape index (κ2) is 7.09. The number of nitrogens with zero attached hydrogens (tertiary/aromatic N) is 2. The summed E-state index contributed by atoms with van der Waals surface area (Å²) in [5, 5.41) is 2.81. The van der Waals surface area contributed by atoms with Crippen molar-refractivity contribution in [1.82, 2.24) is 4.31 Å². The van der Waals surface area contributed by atoms with Crippen LogP contribution in [-0.2, 0) is 21.2 Å². The van der Waals surface area contributed by atoms with Gasteiger partial charge in [0.25, 0.3) is 0 Å². The van der Waals surface area contributed by atoms with Gasteiger partial charge >= 0.3 is 0 Å². The molecule has 1 N–H and O–H groups in total. The highest BCUT2D eigenvalue weighted by molar-refractivity contribution is 7.89. The van der Waals surface area contributed by atoms with Gasteiger partial charge in [0, 0.05) is 32.0 Å². The lowest BCUT2D eigenvalue weighted by molar-refractivity contribution is -0.115. The van der Waals surface area contributed by atoms with Crippen molar-refractivity contribution in [1.29, 1.82) is 0 Å². The van der Waals surface area contributed by atoms with E-state index in [-0.39, 0.29) is 17.3 Å². The van der Waals surface area contributed by atoms with E-state index in [1.165, 1.54) is 30.0 Å². The molecule has 0 aromatic heterocycles. The first-order chi connectivity index (χ1) is 12.3. The Morgan fingerprint density at radius 2 is 1.92 bits per heavy atom. The van der Waals surface area contributed by atoms with Crippen molar-refractivity contribution in [2.24, 2.45) is 0 Å². The number of carbonyl (C=O) groups excluding carboxylic acids is 1. The van der Waals surface area contributed by atoms with Gasteiger partial charge in [-0.1, -0.05) is 24.3 Å². The van der Waals surface area contributed by atoms with Gasteiger partial charge in [-0.15, -0.1) is 0 Å². The first-order valence-corrected chi connectivity index (χ1v) is 9.89. The van der Waals surface area contributed by atoms with Crippen LogP contribution in [0.4, 0.5) is 11.4 Å². The van der Waals surface area contributed by atoms with E-state index in [1.807, 2.05) is 23.1 Å². The van der Waals surface area contributed by atoms with Gasteiger partial charge in [0.1, 0.15) is 0 Å². The number of amides is 1. The molecule has 0 bridgehead atoms. The number of hydrogen-bond donors (Lipinski definition) is 1. The van der Waals surface area contributed by atoms with Crippen molar-refractivity contribution in [3.63, 3.8) is 0 Å². The zero-order valence-electron chi connectivity index (χ0n) is 15.2. The number of anilines is 2. The fourth-order valence-corrected chi connectivity index (χ4v) is 4.24. The SMILES string of the molecule is Cc1ccc(NC(=O)CN2CCc3ccccc32)cc1S(=O)(=O)N(C)C. The highest BCUT2D eigenvalue weighted by Gasteiger charge is 2.22. The molecule has 26 heavy (non-hydrogen) atoms. The number of aryl methyl sites for hydroxylation is 1. The van der Waals surface area contributed by atoms with E-state index >= 15 is 0 Å². The lowest BCUT2D eigenvalue weighted by atomic mass is 10.2. The van der Waals surface area contributed by atoms with E-state index in [4.69, 9.17) is 0 Å². The first-order valence-electron chi connectivity index (χ1n) is 8.45. The Kier molecular flexibility index (Phi) is 5.02. The van der Waals surface area contributed by atoms with Crippen LogP contribution in [0.2, 0.25) is 0 Å². The summed E-state index contributed by atoms with van der Waals surface area (Å²) in [6, 6.07) is 13.0. The Balaban J connectivity index is 1.75. The molecule has 1 heterocycles. The smallest absolute Gasteiger partial charge is 0.243 e. The molecule has 1 aliphatic heterocycles. The third-order valence-corrected chi connectivity index (χ3v) is 6.51. The largest absolute Gasteiger partial charge is 0.362 e. The zero-order valence-corrected chi connectivity index (χ0v) is 16.0. The molecule has 0 atom stereocenters. The molecule has 3 rings (SSSR count). The quantitative estimate of drug-likeness (QED) is 0.873. The Labute approximate surface area is 154 Å². The van der Waals surface area contributed by atoms with Gasteiger partial charge in [-0.25, -0.2) is 12.7 Å². The summed E-state index contributed by atoms with van der Waals surface area (Å²) >= 11 is 0. The maximum Gasteiger partial charge on any atom is 0.243 e. The molecule has 0 saturated heterocycles. The monoisotopic (exact) mass is 373 g/mol. The van der Waals surface area contributed by atoms with E-state index in [1.54, 1.807) is 19.1 Å². The molecule has 2 aromatic carbocycles. The van der Waals surface area contributed by atoms with Crippen molar-refractivity contribution in [2.75, 3.05) is 37.4 Å². The van der Waals surface area contributed by atoms with Gasteiger partial charge < -0.3 is 10.2 Å². The van der Waals surface area contributed by atoms with Gasteiger partial charge in [-0.3, -0.25) is 4.79 Å². The van der Waals surface area contributed by atoms with E-state index < -0.39 is 10.0 Å². The van der Waals surface area contributed by atoms with Crippen LogP contribution in [0.1, 0.15) is 11.1 Å². The normalized spacial score (nSPS) is 13.8. The van der Waals surface area contributed by atoms with E-state index in [0.29, 0.717) is 11.3 Å². The topological polar surface area (TPSA) is 69.7 Å². The number of carbonyl (C=O) groups is 1. The van der Waals surface area contributed by atoms with Crippen molar-refractivity contribution in [3.05, 3.63) is 53.6 Å². The van der Waals surface area contributed by atoms with Crippen molar-refractivity contribution >= 4 is 27.3 Å². The molecule has 6 nitrogen and oxygen atoms in total. The summed E-state index contributed by atoms with van der Waals surface area (Å²) in [6.45, 7) is 2.78. The highest BCUT2D eigenvalue weighted by atomic mass is 32.2. The molecule has 1 aliphatic rings. The fraction of sp³-hybridized carbons (Fsp3) is 0.316. The summed E-state index contributed by atoms with van der Waals surface area (Å²) in [5.41, 5.74) is 3.45. The van der Waals surface area contributed by atoms with Crippen LogP contribution in [0.15, 0.2) is 47.4 Å². The lowest BCUT2D eigenvalue weighted by Gasteiger charge is -2.19. The van der Waals surface area contributed by atoms with Crippen LogP contribution in [-0.4, -0.2) is 45.8 Å². The fourth-order valence-electron chi connectivity index (χ4n) is 3.10. The molecule has 2 aromatic rings. The van der Waals surface area contributed by atoms with Crippen molar-refractivity contribution in [2.45, 2.75) is 18.2 Å². The maximum atomic E-state index is 12.4. The minimum absolute atomic E-state index is 0.168. The van der Waals surface area contributed by atoms with Crippen LogP contribution in [0, 0.1) is 6.92 Å². The predicted octanol–water partition coefficient (Wildman–Crippen LogP) is 2.25. The predicted molar refractivity (Wildman–Crippen MR) is 103 cm³/mol. The molecule has 0 unspecified atom stereocenters. The summed E-state index contributed by atoms with van der Waals surface area (Å²) < 4.78 is 26.0. The number of fused-ring (bicyclic) bond motifs is 1. The van der Waals surface area contributed by atoms with Crippen LogP contribution in [0.5, 0.6) is 0 Å². The Morgan fingerprint density at radius 1 is 1.19 bits per heavy atom. The Morgan fingerprint density at radius 3 is 2.65 bits per heavy atom. The highest BCUT2D eigenvalue weighted by Crippen LogP contribution is 2.27. The van der Waals surface area contributed by atoms with E-state index in [2.05, 4.69) is 11.4 Å². The maximum absolute atomic E-state index is 12.4. The third-order valence-electron chi connectivity index (χ3n) is 4.55. The average molecular weight is 373 g/mol. The summed E-state index contributed by atoms with van der Waals surface area (Å²) in [5.74, 6) is -0.168. The number of nitrogens with one attached hydrogen (secondary N) is 1. The zero-order chi connectivity index (χ0) is 18.9. The molecule has 0 aliphatic carbocycles. The van der Waals surface area contributed by atoms with Gasteiger partial charge in [0.05, 0.1) is 11.4 Å². The lowest BCUT2D eigenvalue weighted by Crippen LogP contribution is -2.32. The Hall–Kier alpha value is -2.38. The van der Waals surface area contributed by atoms with E-state index in [0.717, 1.165) is 18.7 Å². The second-order valence-corrected chi connectivity index (χ2v) is 8.74. The van der Waals surface area contributed by atoms with Gasteiger partial charge in [0.2, 0.25) is 15.9 Å². The molecule has 7 heteroatoms. The van der Waals surface area contributed by atoms with Crippen LogP contribution in [0.3, 0.4) is 0 Å². The molecular weight excluding hydrogens is 350 g/mol. The molecule has 0 saturated carbocycles. The minimum atomic E-state index is -3.56. The number of hydrogen-bond acceptors (Lipinski definition) is 4. The minimum Gasteiger partial charge on any atom is -0.362 e. The van der Waals surface area contributed by atoms with Gasteiger partial charge in [0.15, 0.2) is 0 Å². The first kappa shape index (κ1) is 18.4. The number of rotatable bonds is 5. The molecule has 0 spiro atoms. The standard InChI is InChI=1S/C19H23N3O3S/c1-14-8-9-16(12-18(14)26(24,25)21(2)3)20-19(23)13-22-11-10-15-6-4-5-7-17(15)22/h4-9,12H,10-11,13H2,1-3H3,(H,20,23). The van der Waals surface area contributed by atoms with E-state index in [9.17, 15) is 13.2 Å². The molecule has 1 amide bonds. The molecule has 138 valence electrons. The summed E-state index contributed by atoms with van der Waals surface area (Å²) in [7, 11) is -0.575. The molecule has 0 fully saturated rings. The average Bonchev–Trinajstić information content (AvgIpc) is 2.99. The number of para-hydroxylation sites is 1. The molecule has 0 radical (unpaired) electrons. The summed E-state index contributed by atoms with van der Waals surface area (Å²) in [4.78, 5) is 14.7. The van der Waals surface area contributed by atoms with Crippen molar-refractivity contribution < 1.29 is 13.2 Å². The Bertz CT molecular complexity index is 939. The summed E-state index contributed by atoms with van der Waals surface area (Å²) in [6.07, 6.45) is 0.930. The number of benzene rings is 2. The van der Waals surface area contributed by atoms with Crippen LogP contribution in [0.25, 0.3) is 0 Å².